The molecule has 0 aliphatic rings. The molecule has 0 aromatic heterocycles. The average molecular weight is 308 g/mol. The maximum absolute atomic E-state index is 13.6. The number of carbonyl (C=O) groups excluding carboxylic acids is 1. The fourth-order valence-corrected chi connectivity index (χ4v) is 1.97. The quantitative estimate of drug-likeness (QED) is 0.889. The van der Waals surface area contributed by atoms with E-state index in [1.165, 1.54) is 24.3 Å². The van der Waals surface area contributed by atoms with E-state index in [4.69, 9.17) is 0 Å². The maximum Gasteiger partial charge on any atom is 0.238 e. The molecule has 1 amide bonds. The molecule has 6 heteroatoms. The summed E-state index contributed by atoms with van der Waals surface area (Å²) in [6, 6.07) is 8.55. The molecule has 0 spiro atoms. The molecule has 0 radical (unpaired) electrons. The average Bonchev–Trinajstić information content (AvgIpc) is 2.47. The fraction of sp³-hybridized carbons (Fsp3) is 0.188. The van der Waals surface area contributed by atoms with Gasteiger partial charge in [0.2, 0.25) is 5.91 Å². The third-order valence-corrected chi connectivity index (χ3v) is 3.15. The standard InChI is InChI=1S/C16H15F3N2O/c1-10(12-7-6-11(17)8-14(12)19)20-9-16(22)21-15-5-3-2-4-13(15)18/h2-8,10,20H,9H2,1H3,(H,21,22)/t10-/m1/s1. The summed E-state index contributed by atoms with van der Waals surface area (Å²) >= 11 is 0. The van der Waals surface area contributed by atoms with Gasteiger partial charge in [-0.25, -0.2) is 13.2 Å². The Morgan fingerprint density at radius 1 is 1.09 bits per heavy atom. The van der Waals surface area contributed by atoms with Crippen molar-refractivity contribution in [1.29, 1.82) is 0 Å². The number of nitrogens with one attached hydrogen (secondary N) is 2. The highest BCUT2D eigenvalue weighted by Gasteiger charge is 2.13. The van der Waals surface area contributed by atoms with E-state index >= 15 is 0 Å². The van der Waals surface area contributed by atoms with Crippen molar-refractivity contribution in [2.45, 2.75) is 13.0 Å². The van der Waals surface area contributed by atoms with Crippen molar-refractivity contribution in [2.24, 2.45) is 0 Å². The van der Waals surface area contributed by atoms with E-state index in [9.17, 15) is 18.0 Å². The zero-order valence-electron chi connectivity index (χ0n) is 11.9. The lowest BCUT2D eigenvalue weighted by Crippen LogP contribution is -2.30. The van der Waals surface area contributed by atoms with Crippen LogP contribution >= 0.6 is 0 Å². The topological polar surface area (TPSA) is 41.1 Å². The van der Waals surface area contributed by atoms with Crippen LogP contribution in [0.2, 0.25) is 0 Å². The Labute approximate surface area is 126 Å². The molecule has 0 heterocycles. The normalized spacial score (nSPS) is 12.0. The molecule has 0 aliphatic heterocycles. The van der Waals surface area contributed by atoms with Crippen LogP contribution in [0.1, 0.15) is 18.5 Å². The first-order valence-electron chi connectivity index (χ1n) is 6.70. The van der Waals surface area contributed by atoms with Gasteiger partial charge in [-0.1, -0.05) is 18.2 Å². The molecule has 2 N–H and O–H groups in total. The summed E-state index contributed by atoms with van der Waals surface area (Å²) in [5.74, 6) is -2.34. The zero-order chi connectivity index (χ0) is 16.1. The SMILES string of the molecule is C[C@@H](NCC(=O)Nc1ccccc1F)c1ccc(F)cc1F. The lowest BCUT2D eigenvalue weighted by molar-refractivity contribution is -0.115. The maximum atomic E-state index is 13.6. The smallest absolute Gasteiger partial charge is 0.238 e. The van der Waals surface area contributed by atoms with E-state index in [1.807, 2.05) is 0 Å². The van der Waals surface area contributed by atoms with Crippen LogP contribution in [0.25, 0.3) is 0 Å². The minimum absolute atomic E-state index is 0.0786. The summed E-state index contributed by atoms with van der Waals surface area (Å²) in [6.45, 7) is 1.51. The molecular formula is C16H15F3N2O. The Kier molecular flexibility index (Phi) is 5.16. The molecule has 0 bridgehead atoms. The Bertz CT molecular complexity index is 676. The van der Waals surface area contributed by atoms with Gasteiger partial charge in [-0.15, -0.1) is 0 Å². The number of hydrogen-bond acceptors (Lipinski definition) is 2. The van der Waals surface area contributed by atoms with Crippen LogP contribution in [-0.2, 0) is 4.79 Å². The van der Waals surface area contributed by atoms with Gasteiger partial charge in [-0.3, -0.25) is 4.79 Å². The van der Waals surface area contributed by atoms with E-state index in [0.717, 1.165) is 12.1 Å². The van der Waals surface area contributed by atoms with Crippen molar-refractivity contribution >= 4 is 11.6 Å². The molecule has 2 rings (SSSR count). The number of rotatable bonds is 5. The lowest BCUT2D eigenvalue weighted by atomic mass is 10.1. The lowest BCUT2D eigenvalue weighted by Gasteiger charge is -2.15. The van der Waals surface area contributed by atoms with Crippen LogP contribution in [0.5, 0.6) is 0 Å². The monoisotopic (exact) mass is 308 g/mol. The first-order valence-corrected chi connectivity index (χ1v) is 6.70. The number of amides is 1. The van der Waals surface area contributed by atoms with Crippen molar-refractivity contribution < 1.29 is 18.0 Å². The Morgan fingerprint density at radius 3 is 2.50 bits per heavy atom. The van der Waals surface area contributed by atoms with Crippen molar-refractivity contribution in [1.82, 2.24) is 5.32 Å². The molecule has 2 aromatic carbocycles. The van der Waals surface area contributed by atoms with Gasteiger partial charge in [-0.05, 0) is 25.1 Å². The number of benzene rings is 2. The molecular weight excluding hydrogens is 293 g/mol. The van der Waals surface area contributed by atoms with Gasteiger partial charge in [0.1, 0.15) is 17.5 Å². The summed E-state index contributed by atoms with van der Waals surface area (Å²) in [7, 11) is 0. The van der Waals surface area contributed by atoms with Crippen LogP contribution in [-0.4, -0.2) is 12.5 Å². The van der Waals surface area contributed by atoms with Crippen LogP contribution in [0.15, 0.2) is 42.5 Å². The number of para-hydroxylation sites is 1. The second-order valence-corrected chi connectivity index (χ2v) is 4.80. The highest BCUT2D eigenvalue weighted by molar-refractivity contribution is 5.92. The molecule has 0 saturated carbocycles. The summed E-state index contributed by atoms with van der Waals surface area (Å²) < 4.78 is 39.8. The molecule has 0 aliphatic carbocycles. The van der Waals surface area contributed by atoms with Crippen LogP contribution in [0.3, 0.4) is 0 Å². The minimum Gasteiger partial charge on any atom is -0.322 e. The largest absolute Gasteiger partial charge is 0.322 e. The second-order valence-electron chi connectivity index (χ2n) is 4.80. The van der Waals surface area contributed by atoms with Gasteiger partial charge in [0, 0.05) is 17.7 Å². The second kappa shape index (κ2) is 7.09. The Balaban J connectivity index is 1.92. The number of carbonyl (C=O) groups is 1. The summed E-state index contributed by atoms with van der Waals surface area (Å²) in [4.78, 5) is 11.7. The first kappa shape index (κ1) is 16.0. The minimum atomic E-state index is -0.686. The van der Waals surface area contributed by atoms with E-state index in [1.54, 1.807) is 13.0 Å². The molecule has 22 heavy (non-hydrogen) atoms. The third-order valence-electron chi connectivity index (χ3n) is 3.15. The van der Waals surface area contributed by atoms with E-state index in [0.29, 0.717) is 0 Å². The summed E-state index contributed by atoms with van der Waals surface area (Å²) in [5, 5.41) is 5.21. The molecule has 1 atom stereocenters. The number of anilines is 1. The summed E-state index contributed by atoms with van der Waals surface area (Å²) in [5.41, 5.74) is 0.329. The van der Waals surface area contributed by atoms with E-state index in [2.05, 4.69) is 10.6 Å². The van der Waals surface area contributed by atoms with Gasteiger partial charge in [0.25, 0.3) is 0 Å². The van der Waals surface area contributed by atoms with Gasteiger partial charge < -0.3 is 10.6 Å². The van der Waals surface area contributed by atoms with Crippen molar-refractivity contribution in [3.63, 3.8) is 0 Å². The molecule has 3 nitrogen and oxygen atoms in total. The predicted molar refractivity (Wildman–Crippen MR) is 77.8 cm³/mol. The number of hydrogen-bond donors (Lipinski definition) is 2. The van der Waals surface area contributed by atoms with Crippen LogP contribution in [0.4, 0.5) is 18.9 Å². The van der Waals surface area contributed by atoms with Crippen LogP contribution in [0, 0.1) is 17.5 Å². The first-order chi connectivity index (χ1) is 10.5. The van der Waals surface area contributed by atoms with E-state index < -0.39 is 29.4 Å². The van der Waals surface area contributed by atoms with Gasteiger partial charge in [0.15, 0.2) is 0 Å². The van der Waals surface area contributed by atoms with Crippen molar-refractivity contribution in [2.75, 3.05) is 11.9 Å². The fourth-order valence-electron chi connectivity index (χ4n) is 1.97. The molecule has 116 valence electrons. The Morgan fingerprint density at radius 2 is 1.82 bits per heavy atom. The van der Waals surface area contributed by atoms with Gasteiger partial charge in [0.05, 0.1) is 12.2 Å². The molecule has 0 saturated heterocycles. The Hall–Kier alpha value is -2.34. The summed E-state index contributed by atoms with van der Waals surface area (Å²) in [6.07, 6.45) is 0. The zero-order valence-corrected chi connectivity index (χ0v) is 11.9. The highest BCUT2D eigenvalue weighted by Crippen LogP contribution is 2.17. The number of halogens is 3. The van der Waals surface area contributed by atoms with Crippen molar-refractivity contribution in [3.05, 3.63) is 65.5 Å². The molecule has 0 unspecified atom stereocenters. The van der Waals surface area contributed by atoms with E-state index in [-0.39, 0.29) is 17.8 Å². The third kappa shape index (κ3) is 4.08. The highest BCUT2D eigenvalue weighted by atomic mass is 19.1. The molecule has 2 aromatic rings. The molecule has 0 fully saturated rings. The van der Waals surface area contributed by atoms with Crippen LogP contribution < -0.4 is 10.6 Å². The predicted octanol–water partition coefficient (Wildman–Crippen LogP) is 3.39. The van der Waals surface area contributed by atoms with Gasteiger partial charge in [-0.2, -0.15) is 0 Å². The van der Waals surface area contributed by atoms with Crippen molar-refractivity contribution in [3.8, 4) is 0 Å². The van der Waals surface area contributed by atoms with Gasteiger partial charge >= 0.3 is 0 Å².